The molecule has 3 rings (SSSR count). The van der Waals surface area contributed by atoms with Gasteiger partial charge in [-0.05, 0) is 36.4 Å². The van der Waals surface area contributed by atoms with E-state index in [1.54, 1.807) is 42.3 Å². The standard InChI is InChI=1S/C18H18ClN3O3/c1-25-16-5-3-2-4-15(16)22-11-10-21(18(22)24)12-17(23)20-14-8-6-13(19)7-9-14/h2-9H,10-12H2,1H3,(H,20,23). The van der Waals surface area contributed by atoms with E-state index < -0.39 is 0 Å². The molecular weight excluding hydrogens is 342 g/mol. The summed E-state index contributed by atoms with van der Waals surface area (Å²) in [6.07, 6.45) is 0. The molecule has 1 aliphatic rings. The number of nitrogens with zero attached hydrogens (tertiary/aromatic N) is 2. The first-order valence-electron chi connectivity index (χ1n) is 7.83. The molecule has 130 valence electrons. The van der Waals surface area contributed by atoms with Crippen molar-refractivity contribution in [1.29, 1.82) is 0 Å². The Balaban J connectivity index is 1.64. The van der Waals surface area contributed by atoms with E-state index >= 15 is 0 Å². The molecule has 0 spiro atoms. The monoisotopic (exact) mass is 359 g/mol. The maximum atomic E-state index is 12.6. The van der Waals surface area contributed by atoms with Gasteiger partial charge in [0.1, 0.15) is 12.3 Å². The summed E-state index contributed by atoms with van der Waals surface area (Å²) in [4.78, 5) is 27.9. The van der Waals surface area contributed by atoms with Crippen molar-refractivity contribution in [2.45, 2.75) is 0 Å². The Labute approximate surface area is 150 Å². The molecule has 1 fully saturated rings. The van der Waals surface area contributed by atoms with Gasteiger partial charge in [-0.25, -0.2) is 4.79 Å². The molecule has 0 saturated carbocycles. The van der Waals surface area contributed by atoms with Crippen LogP contribution in [0.1, 0.15) is 0 Å². The van der Waals surface area contributed by atoms with Gasteiger partial charge >= 0.3 is 6.03 Å². The quantitative estimate of drug-likeness (QED) is 0.891. The predicted molar refractivity (Wildman–Crippen MR) is 97.4 cm³/mol. The molecule has 0 unspecified atom stereocenters. The zero-order valence-corrected chi connectivity index (χ0v) is 14.5. The first-order chi connectivity index (χ1) is 12.1. The second-order valence-electron chi connectivity index (χ2n) is 5.58. The van der Waals surface area contributed by atoms with Gasteiger partial charge in [0.25, 0.3) is 0 Å². The Bertz CT molecular complexity index is 779. The molecule has 2 aromatic carbocycles. The van der Waals surface area contributed by atoms with Gasteiger partial charge in [-0.15, -0.1) is 0 Å². The lowest BCUT2D eigenvalue weighted by atomic mass is 10.2. The average molecular weight is 360 g/mol. The molecule has 1 N–H and O–H groups in total. The van der Waals surface area contributed by atoms with E-state index in [9.17, 15) is 9.59 Å². The predicted octanol–water partition coefficient (Wildman–Crippen LogP) is 3.23. The third kappa shape index (κ3) is 3.85. The number of carbonyl (C=O) groups is 2. The van der Waals surface area contributed by atoms with Crippen LogP contribution in [0.5, 0.6) is 5.75 Å². The van der Waals surface area contributed by atoms with Crippen LogP contribution < -0.4 is 15.0 Å². The number of benzene rings is 2. The van der Waals surface area contributed by atoms with Gasteiger partial charge in [-0.2, -0.15) is 0 Å². The highest BCUT2D eigenvalue weighted by Crippen LogP contribution is 2.30. The van der Waals surface area contributed by atoms with Crippen LogP contribution in [-0.4, -0.2) is 43.6 Å². The Hall–Kier alpha value is -2.73. The van der Waals surface area contributed by atoms with E-state index in [1.165, 1.54) is 4.90 Å². The Morgan fingerprint density at radius 1 is 1.16 bits per heavy atom. The summed E-state index contributed by atoms with van der Waals surface area (Å²) in [5.74, 6) is 0.376. The van der Waals surface area contributed by atoms with Gasteiger partial charge in [-0.1, -0.05) is 23.7 Å². The van der Waals surface area contributed by atoms with E-state index in [-0.39, 0.29) is 18.5 Å². The zero-order valence-electron chi connectivity index (χ0n) is 13.7. The van der Waals surface area contributed by atoms with Gasteiger partial charge in [0.05, 0.1) is 12.8 Å². The molecule has 0 atom stereocenters. The molecular formula is C18H18ClN3O3. The van der Waals surface area contributed by atoms with Crippen molar-refractivity contribution in [3.8, 4) is 5.75 Å². The van der Waals surface area contributed by atoms with E-state index in [0.29, 0.717) is 35.2 Å². The second kappa shape index (κ2) is 7.44. The number of para-hydroxylation sites is 2. The number of urea groups is 1. The van der Waals surface area contributed by atoms with Gasteiger partial charge in [0, 0.05) is 23.8 Å². The van der Waals surface area contributed by atoms with Crippen molar-refractivity contribution < 1.29 is 14.3 Å². The van der Waals surface area contributed by atoms with Crippen molar-refractivity contribution in [2.75, 3.05) is 37.0 Å². The lowest BCUT2D eigenvalue weighted by Crippen LogP contribution is -2.37. The van der Waals surface area contributed by atoms with Crippen LogP contribution in [-0.2, 0) is 4.79 Å². The third-order valence-corrected chi connectivity index (χ3v) is 4.19. The number of amides is 3. The molecule has 0 aliphatic carbocycles. The Morgan fingerprint density at radius 2 is 1.88 bits per heavy atom. The first-order valence-corrected chi connectivity index (χ1v) is 8.21. The highest BCUT2D eigenvalue weighted by molar-refractivity contribution is 6.30. The summed E-state index contributed by atoms with van der Waals surface area (Å²) in [6.45, 7) is 0.978. The van der Waals surface area contributed by atoms with Crippen molar-refractivity contribution in [3.05, 3.63) is 53.6 Å². The maximum absolute atomic E-state index is 12.6. The molecule has 1 saturated heterocycles. The normalized spacial score (nSPS) is 13.9. The fourth-order valence-corrected chi connectivity index (χ4v) is 2.84. The number of methoxy groups -OCH3 is 1. The van der Waals surface area contributed by atoms with Gasteiger partial charge in [0.15, 0.2) is 0 Å². The highest BCUT2D eigenvalue weighted by Gasteiger charge is 2.32. The van der Waals surface area contributed by atoms with Crippen LogP contribution in [0.4, 0.5) is 16.2 Å². The van der Waals surface area contributed by atoms with Crippen LogP contribution in [0.3, 0.4) is 0 Å². The van der Waals surface area contributed by atoms with Crippen molar-refractivity contribution in [2.24, 2.45) is 0 Å². The molecule has 3 amide bonds. The van der Waals surface area contributed by atoms with Gasteiger partial charge < -0.3 is 15.0 Å². The van der Waals surface area contributed by atoms with Crippen molar-refractivity contribution in [1.82, 2.24) is 4.90 Å². The van der Waals surface area contributed by atoms with E-state index in [4.69, 9.17) is 16.3 Å². The van der Waals surface area contributed by atoms with E-state index in [2.05, 4.69) is 5.32 Å². The molecule has 2 aromatic rings. The van der Waals surface area contributed by atoms with Crippen molar-refractivity contribution >= 4 is 34.9 Å². The minimum Gasteiger partial charge on any atom is -0.495 e. The summed E-state index contributed by atoms with van der Waals surface area (Å²) in [5, 5.41) is 3.36. The molecule has 0 radical (unpaired) electrons. The number of hydrogen-bond donors (Lipinski definition) is 1. The van der Waals surface area contributed by atoms with Gasteiger partial charge in [-0.3, -0.25) is 9.69 Å². The maximum Gasteiger partial charge on any atom is 0.325 e. The summed E-state index contributed by atoms with van der Waals surface area (Å²) in [5.41, 5.74) is 1.35. The lowest BCUT2D eigenvalue weighted by Gasteiger charge is -2.20. The Kier molecular flexibility index (Phi) is 5.09. The SMILES string of the molecule is COc1ccccc1N1CCN(CC(=O)Nc2ccc(Cl)cc2)C1=O. The van der Waals surface area contributed by atoms with E-state index in [1.807, 2.05) is 18.2 Å². The Morgan fingerprint density at radius 3 is 2.60 bits per heavy atom. The smallest absolute Gasteiger partial charge is 0.325 e. The summed E-state index contributed by atoms with van der Waals surface area (Å²) < 4.78 is 5.31. The second-order valence-corrected chi connectivity index (χ2v) is 6.02. The average Bonchev–Trinajstić information content (AvgIpc) is 2.97. The van der Waals surface area contributed by atoms with Crippen LogP contribution in [0, 0.1) is 0 Å². The third-order valence-electron chi connectivity index (χ3n) is 3.93. The highest BCUT2D eigenvalue weighted by atomic mass is 35.5. The molecule has 6 nitrogen and oxygen atoms in total. The number of carbonyl (C=O) groups excluding carboxylic acids is 2. The lowest BCUT2D eigenvalue weighted by molar-refractivity contribution is -0.116. The molecule has 0 aromatic heterocycles. The number of rotatable bonds is 5. The number of halogens is 1. The number of nitrogens with one attached hydrogen (secondary N) is 1. The van der Waals surface area contributed by atoms with Crippen LogP contribution >= 0.6 is 11.6 Å². The van der Waals surface area contributed by atoms with Crippen LogP contribution in [0.25, 0.3) is 0 Å². The van der Waals surface area contributed by atoms with Crippen molar-refractivity contribution in [3.63, 3.8) is 0 Å². The minimum atomic E-state index is -0.252. The summed E-state index contributed by atoms with van der Waals surface area (Å²) >= 11 is 5.82. The largest absolute Gasteiger partial charge is 0.495 e. The molecule has 1 heterocycles. The first kappa shape index (κ1) is 17.1. The zero-order chi connectivity index (χ0) is 17.8. The molecule has 25 heavy (non-hydrogen) atoms. The van der Waals surface area contributed by atoms with E-state index in [0.717, 1.165) is 0 Å². The number of hydrogen-bond acceptors (Lipinski definition) is 3. The number of ether oxygens (including phenoxy) is 1. The number of anilines is 2. The molecule has 0 bridgehead atoms. The molecule has 1 aliphatic heterocycles. The topological polar surface area (TPSA) is 61.9 Å². The van der Waals surface area contributed by atoms with Gasteiger partial charge in [0.2, 0.25) is 5.91 Å². The summed E-state index contributed by atoms with van der Waals surface area (Å²) in [6, 6.07) is 13.9. The fraction of sp³-hybridized carbons (Fsp3) is 0.222. The van der Waals surface area contributed by atoms with Crippen LogP contribution in [0.15, 0.2) is 48.5 Å². The molecule has 7 heteroatoms. The summed E-state index contributed by atoms with van der Waals surface area (Å²) in [7, 11) is 1.57. The fourth-order valence-electron chi connectivity index (χ4n) is 2.71. The van der Waals surface area contributed by atoms with Crippen LogP contribution in [0.2, 0.25) is 5.02 Å². The minimum absolute atomic E-state index is 0.00684.